The zero-order valence-electron chi connectivity index (χ0n) is 11.9. The van der Waals surface area contributed by atoms with Crippen LogP contribution >= 0.6 is 0 Å². The van der Waals surface area contributed by atoms with Gasteiger partial charge < -0.3 is 15.3 Å². The fraction of sp³-hybridized carbons (Fsp3) is 0.125. The Morgan fingerprint density at radius 3 is 2.57 bits per heavy atom. The van der Waals surface area contributed by atoms with Crippen LogP contribution in [0.2, 0.25) is 0 Å². The highest BCUT2D eigenvalue weighted by molar-refractivity contribution is 6.45. The maximum atomic E-state index is 11.5. The summed E-state index contributed by atoms with van der Waals surface area (Å²) in [6.45, 7) is 1.97. The van der Waals surface area contributed by atoms with Gasteiger partial charge >= 0.3 is 0 Å². The van der Waals surface area contributed by atoms with Crippen LogP contribution in [0.4, 0.5) is 0 Å². The van der Waals surface area contributed by atoms with E-state index in [9.17, 15) is 4.79 Å². The quantitative estimate of drug-likeness (QED) is 0.677. The lowest BCUT2D eigenvalue weighted by atomic mass is 10.1. The minimum atomic E-state index is -0.683. The van der Waals surface area contributed by atoms with Crippen molar-refractivity contribution in [2.24, 2.45) is 10.9 Å². The van der Waals surface area contributed by atoms with Crippen LogP contribution in [0.25, 0.3) is 0 Å². The second kappa shape index (κ2) is 6.56. The Morgan fingerprint density at radius 2 is 1.90 bits per heavy atom. The second-order valence-electron chi connectivity index (χ2n) is 4.40. The molecule has 1 amide bonds. The molecular weight excluding hydrogens is 268 g/mol. The molecule has 0 saturated carbocycles. The molecule has 2 rings (SSSR count). The molecule has 2 aromatic carbocycles. The third kappa shape index (κ3) is 3.60. The zero-order chi connectivity index (χ0) is 15.2. The Balaban J connectivity index is 2.41. The predicted octanol–water partition coefficient (Wildman–Crippen LogP) is 2.62. The third-order valence-corrected chi connectivity index (χ3v) is 2.78. The van der Waals surface area contributed by atoms with Gasteiger partial charge in [0.1, 0.15) is 18.6 Å². The fourth-order valence-electron chi connectivity index (χ4n) is 1.88. The van der Waals surface area contributed by atoms with Crippen LogP contribution in [-0.4, -0.2) is 18.7 Å². The van der Waals surface area contributed by atoms with Gasteiger partial charge in [0.25, 0.3) is 5.91 Å². The van der Waals surface area contributed by atoms with E-state index in [2.05, 4.69) is 9.99 Å². The summed E-state index contributed by atoms with van der Waals surface area (Å²) in [5.74, 6) is 0.471. The van der Waals surface area contributed by atoms with Crippen molar-refractivity contribution < 1.29 is 14.4 Å². The molecule has 0 fully saturated rings. The summed E-state index contributed by atoms with van der Waals surface area (Å²) < 4.78 is 5.82. The molecule has 0 aliphatic carbocycles. The molecule has 0 heterocycles. The number of oxime groups is 1. The van der Waals surface area contributed by atoms with Crippen LogP contribution < -0.4 is 10.5 Å². The smallest absolute Gasteiger partial charge is 0.271 e. The van der Waals surface area contributed by atoms with Crippen molar-refractivity contribution >= 4 is 11.6 Å². The number of benzene rings is 2. The van der Waals surface area contributed by atoms with E-state index < -0.39 is 5.91 Å². The van der Waals surface area contributed by atoms with E-state index in [1.807, 2.05) is 31.2 Å². The molecule has 0 spiro atoms. The second-order valence-corrected chi connectivity index (χ2v) is 4.40. The van der Waals surface area contributed by atoms with Gasteiger partial charge in [-0.3, -0.25) is 4.79 Å². The molecule has 2 aromatic rings. The molecular formula is C16H16N2O3. The van der Waals surface area contributed by atoms with E-state index in [-0.39, 0.29) is 5.71 Å². The Bertz CT molecular complexity index is 681. The van der Waals surface area contributed by atoms with Gasteiger partial charge in [-0.05, 0) is 36.8 Å². The zero-order valence-corrected chi connectivity index (χ0v) is 11.9. The van der Waals surface area contributed by atoms with E-state index in [0.717, 1.165) is 5.56 Å². The first-order chi connectivity index (χ1) is 10.1. The van der Waals surface area contributed by atoms with Gasteiger partial charge in [0, 0.05) is 0 Å². The van der Waals surface area contributed by atoms with Crippen molar-refractivity contribution in [1.29, 1.82) is 0 Å². The number of carbonyl (C=O) groups is 1. The van der Waals surface area contributed by atoms with Crippen molar-refractivity contribution in [2.45, 2.75) is 6.92 Å². The normalized spacial score (nSPS) is 11.0. The molecule has 5 nitrogen and oxygen atoms in total. The minimum Gasteiger partial charge on any atom is -0.457 e. The molecule has 0 bridgehead atoms. The number of hydrogen-bond donors (Lipinski definition) is 1. The molecule has 0 aliphatic heterocycles. The number of hydrogen-bond acceptors (Lipinski definition) is 4. The maximum absolute atomic E-state index is 11.5. The van der Waals surface area contributed by atoms with Crippen molar-refractivity contribution in [2.75, 3.05) is 7.11 Å². The average molecular weight is 284 g/mol. The lowest BCUT2D eigenvalue weighted by molar-refractivity contribution is -0.112. The Labute approximate surface area is 123 Å². The Kier molecular flexibility index (Phi) is 4.56. The molecule has 0 aromatic heterocycles. The van der Waals surface area contributed by atoms with Crippen molar-refractivity contribution in [1.82, 2.24) is 0 Å². The number of nitrogens with zero attached hydrogens (tertiary/aromatic N) is 1. The number of nitrogens with two attached hydrogens (primary N) is 1. The van der Waals surface area contributed by atoms with Gasteiger partial charge in [0.2, 0.25) is 0 Å². The van der Waals surface area contributed by atoms with Crippen LogP contribution in [0.5, 0.6) is 11.5 Å². The van der Waals surface area contributed by atoms with Gasteiger partial charge in [-0.1, -0.05) is 29.4 Å². The van der Waals surface area contributed by atoms with Crippen LogP contribution in [0.1, 0.15) is 11.1 Å². The van der Waals surface area contributed by atoms with Crippen molar-refractivity contribution in [3.05, 3.63) is 59.7 Å². The van der Waals surface area contributed by atoms with Crippen LogP contribution in [0, 0.1) is 6.92 Å². The fourth-order valence-corrected chi connectivity index (χ4v) is 1.88. The van der Waals surface area contributed by atoms with E-state index in [1.165, 1.54) is 7.11 Å². The molecule has 0 saturated heterocycles. The van der Waals surface area contributed by atoms with Gasteiger partial charge in [-0.25, -0.2) is 0 Å². The summed E-state index contributed by atoms with van der Waals surface area (Å²) in [6, 6.07) is 14.6. The first-order valence-corrected chi connectivity index (χ1v) is 6.36. The molecule has 0 atom stereocenters. The monoisotopic (exact) mass is 284 g/mol. The van der Waals surface area contributed by atoms with Gasteiger partial charge in [0.05, 0.1) is 5.56 Å². The Morgan fingerprint density at radius 1 is 1.14 bits per heavy atom. The number of rotatable bonds is 5. The molecule has 0 aliphatic rings. The Hall–Kier alpha value is -2.82. The van der Waals surface area contributed by atoms with E-state index in [1.54, 1.807) is 24.3 Å². The van der Waals surface area contributed by atoms with Gasteiger partial charge in [0.15, 0.2) is 5.71 Å². The highest BCUT2D eigenvalue weighted by atomic mass is 16.6. The summed E-state index contributed by atoms with van der Waals surface area (Å²) in [5.41, 5.74) is 6.91. The van der Waals surface area contributed by atoms with Crippen molar-refractivity contribution in [3.63, 3.8) is 0 Å². The van der Waals surface area contributed by atoms with E-state index in [4.69, 9.17) is 10.5 Å². The first kappa shape index (κ1) is 14.6. The summed E-state index contributed by atoms with van der Waals surface area (Å²) in [4.78, 5) is 16.2. The van der Waals surface area contributed by atoms with E-state index >= 15 is 0 Å². The number of aryl methyl sites for hydroxylation is 1. The number of amides is 1. The predicted molar refractivity (Wildman–Crippen MR) is 80.4 cm³/mol. The van der Waals surface area contributed by atoms with Gasteiger partial charge in [-0.15, -0.1) is 0 Å². The summed E-state index contributed by atoms with van der Waals surface area (Å²) in [5, 5.41) is 3.68. The number of ether oxygens (including phenoxy) is 1. The first-order valence-electron chi connectivity index (χ1n) is 6.36. The number of carbonyl (C=O) groups excluding carboxylic acids is 1. The van der Waals surface area contributed by atoms with Gasteiger partial charge in [-0.2, -0.15) is 0 Å². The van der Waals surface area contributed by atoms with Crippen molar-refractivity contribution in [3.8, 4) is 11.5 Å². The summed E-state index contributed by atoms with van der Waals surface area (Å²) in [6.07, 6.45) is 0. The molecule has 5 heteroatoms. The third-order valence-electron chi connectivity index (χ3n) is 2.78. The minimum absolute atomic E-state index is 0.0146. The lowest BCUT2D eigenvalue weighted by Crippen LogP contribution is -2.24. The summed E-state index contributed by atoms with van der Waals surface area (Å²) >= 11 is 0. The average Bonchev–Trinajstić information content (AvgIpc) is 2.45. The number of primary amides is 1. The maximum Gasteiger partial charge on any atom is 0.271 e. The highest BCUT2D eigenvalue weighted by Crippen LogP contribution is 2.26. The largest absolute Gasteiger partial charge is 0.457 e. The number of para-hydroxylation sites is 1. The van der Waals surface area contributed by atoms with Crippen LogP contribution in [0.3, 0.4) is 0 Å². The topological polar surface area (TPSA) is 73.9 Å². The highest BCUT2D eigenvalue weighted by Gasteiger charge is 2.17. The molecule has 21 heavy (non-hydrogen) atoms. The lowest BCUT2D eigenvalue weighted by Gasteiger charge is -2.11. The molecule has 108 valence electrons. The molecule has 2 N–H and O–H groups in total. The standard InChI is InChI=1S/C16H16N2O3/c1-11-6-5-7-12(10-11)21-14-9-4-3-8-13(14)15(16(17)19)18-20-2/h3-10H,1-2H3,(H2,17,19). The van der Waals surface area contributed by atoms with E-state index in [0.29, 0.717) is 17.1 Å². The SMILES string of the molecule is CON=C(C(N)=O)c1ccccc1Oc1cccc(C)c1. The summed E-state index contributed by atoms with van der Waals surface area (Å²) in [7, 11) is 1.35. The molecule has 0 unspecified atom stereocenters. The molecule has 0 radical (unpaired) electrons. The van der Waals surface area contributed by atoms with Crippen LogP contribution in [-0.2, 0) is 9.63 Å². The van der Waals surface area contributed by atoms with Crippen LogP contribution in [0.15, 0.2) is 53.7 Å².